The topological polar surface area (TPSA) is 52.9 Å². The molecule has 110 valence electrons. The summed E-state index contributed by atoms with van der Waals surface area (Å²) in [6.07, 6.45) is 3.12. The van der Waals surface area contributed by atoms with Gasteiger partial charge in [-0.15, -0.1) is 11.3 Å². The minimum absolute atomic E-state index is 0.524. The number of rotatable bonds is 4. The summed E-state index contributed by atoms with van der Waals surface area (Å²) in [5, 5.41) is 7.48. The first-order valence-corrected chi connectivity index (χ1v) is 8.50. The zero-order valence-electron chi connectivity index (χ0n) is 12.4. The summed E-state index contributed by atoms with van der Waals surface area (Å²) in [5.74, 6) is 1.35. The number of thiazole rings is 1. The van der Waals surface area contributed by atoms with E-state index >= 15 is 0 Å². The van der Waals surface area contributed by atoms with Crippen molar-refractivity contribution in [2.75, 3.05) is 13.1 Å². The van der Waals surface area contributed by atoms with Gasteiger partial charge >= 0.3 is 0 Å². The molecule has 0 amide bonds. The zero-order chi connectivity index (χ0) is 14.5. The molecule has 0 spiro atoms. The number of nitrogens with zero attached hydrogens (tertiary/aromatic N) is 4. The second kappa shape index (κ2) is 7.08. The second-order valence-corrected chi connectivity index (χ2v) is 6.90. The van der Waals surface area contributed by atoms with Crippen molar-refractivity contribution in [3.8, 4) is 0 Å². The SMILES string of the molecule is CCN=C(NSc1sc(C)nc1C)N1CC(CC)C=N1. The van der Waals surface area contributed by atoms with Crippen LogP contribution in [0.1, 0.15) is 31.0 Å². The van der Waals surface area contributed by atoms with E-state index in [9.17, 15) is 0 Å². The highest BCUT2D eigenvalue weighted by atomic mass is 32.2. The zero-order valence-corrected chi connectivity index (χ0v) is 14.0. The van der Waals surface area contributed by atoms with E-state index in [4.69, 9.17) is 0 Å². The Balaban J connectivity index is 1.99. The molecule has 1 unspecified atom stereocenters. The number of nitrogens with one attached hydrogen (secondary N) is 1. The van der Waals surface area contributed by atoms with Gasteiger partial charge in [0.2, 0.25) is 5.96 Å². The lowest BCUT2D eigenvalue weighted by molar-refractivity contribution is 0.431. The first-order chi connectivity index (χ1) is 9.63. The quantitative estimate of drug-likeness (QED) is 0.527. The van der Waals surface area contributed by atoms with Crippen molar-refractivity contribution >= 4 is 35.5 Å². The van der Waals surface area contributed by atoms with Gasteiger partial charge in [-0.25, -0.2) is 9.99 Å². The molecule has 1 aliphatic rings. The van der Waals surface area contributed by atoms with Gasteiger partial charge in [0.15, 0.2) is 0 Å². The average molecular weight is 311 g/mol. The minimum Gasteiger partial charge on any atom is -0.294 e. The summed E-state index contributed by atoms with van der Waals surface area (Å²) in [6, 6.07) is 0. The highest BCUT2D eigenvalue weighted by Gasteiger charge is 2.20. The molecule has 1 aliphatic heterocycles. The Hall–Kier alpha value is -1.08. The summed E-state index contributed by atoms with van der Waals surface area (Å²) in [6.45, 7) is 9.93. The van der Waals surface area contributed by atoms with Crippen molar-refractivity contribution in [1.29, 1.82) is 0 Å². The van der Waals surface area contributed by atoms with Crippen molar-refractivity contribution in [1.82, 2.24) is 14.7 Å². The van der Waals surface area contributed by atoms with Gasteiger partial charge in [-0.2, -0.15) is 5.10 Å². The normalized spacial score (nSPS) is 18.9. The van der Waals surface area contributed by atoms with Crippen LogP contribution in [0, 0.1) is 19.8 Å². The Morgan fingerprint density at radius 2 is 2.35 bits per heavy atom. The third kappa shape index (κ3) is 3.73. The molecule has 1 N–H and O–H groups in total. The van der Waals surface area contributed by atoms with Crippen LogP contribution in [-0.4, -0.2) is 35.3 Å². The molecule has 1 atom stereocenters. The lowest BCUT2D eigenvalue weighted by atomic mass is 10.1. The van der Waals surface area contributed by atoms with Gasteiger partial charge in [0.1, 0.15) is 4.21 Å². The molecule has 2 heterocycles. The summed E-state index contributed by atoms with van der Waals surface area (Å²) >= 11 is 3.27. The third-order valence-corrected chi connectivity index (χ3v) is 5.13. The standard InChI is InChI=1S/C13H21N5S2/c1-5-11-7-15-18(8-11)13(14-6-2)17-20-12-9(3)16-10(4)19-12/h7,11H,5-6,8H2,1-4H3,(H,14,17). The van der Waals surface area contributed by atoms with Crippen LogP contribution in [0.25, 0.3) is 0 Å². The fourth-order valence-corrected chi connectivity index (χ4v) is 3.73. The molecule has 0 saturated carbocycles. The second-order valence-electron chi connectivity index (χ2n) is 4.62. The first-order valence-electron chi connectivity index (χ1n) is 6.87. The molecule has 0 saturated heterocycles. The Morgan fingerprint density at radius 3 is 2.90 bits per heavy atom. The van der Waals surface area contributed by atoms with E-state index in [1.165, 1.54) is 4.21 Å². The van der Waals surface area contributed by atoms with Crippen LogP contribution in [0.2, 0.25) is 0 Å². The van der Waals surface area contributed by atoms with Crippen LogP contribution in [0.3, 0.4) is 0 Å². The fourth-order valence-electron chi connectivity index (χ4n) is 1.88. The first kappa shape index (κ1) is 15.3. The van der Waals surface area contributed by atoms with Crippen LogP contribution < -0.4 is 4.72 Å². The third-order valence-electron chi connectivity index (χ3n) is 3.00. The number of hydrogen-bond acceptors (Lipinski definition) is 5. The van der Waals surface area contributed by atoms with Gasteiger partial charge < -0.3 is 0 Å². The monoisotopic (exact) mass is 311 g/mol. The predicted octanol–water partition coefficient (Wildman–Crippen LogP) is 3.06. The average Bonchev–Trinajstić information content (AvgIpc) is 3.01. The van der Waals surface area contributed by atoms with Crippen LogP contribution >= 0.6 is 23.3 Å². The van der Waals surface area contributed by atoms with E-state index in [1.54, 1.807) is 23.3 Å². The minimum atomic E-state index is 0.524. The number of guanidine groups is 1. The largest absolute Gasteiger partial charge is 0.294 e. The van der Waals surface area contributed by atoms with Gasteiger partial charge in [0.05, 0.1) is 17.2 Å². The Labute approximate surface area is 128 Å². The smallest absolute Gasteiger partial charge is 0.225 e. The maximum absolute atomic E-state index is 4.51. The number of hydrazone groups is 1. The van der Waals surface area contributed by atoms with Crippen LogP contribution in [0.4, 0.5) is 0 Å². The van der Waals surface area contributed by atoms with Crippen molar-refractivity contribution in [2.24, 2.45) is 16.0 Å². The van der Waals surface area contributed by atoms with Crippen molar-refractivity contribution < 1.29 is 0 Å². The summed E-state index contributed by atoms with van der Waals surface area (Å²) < 4.78 is 4.51. The molecule has 0 radical (unpaired) electrons. The van der Waals surface area contributed by atoms with E-state index < -0.39 is 0 Å². The van der Waals surface area contributed by atoms with Crippen LogP contribution in [-0.2, 0) is 0 Å². The molecule has 20 heavy (non-hydrogen) atoms. The highest BCUT2D eigenvalue weighted by molar-refractivity contribution is 7.99. The van der Waals surface area contributed by atoms with Crippen molar-refractivity contribution in [2.45, 2.75) is 38.3 Å². The Bertz CT molecular complexity index is 509. The van der Waals surface area contributed by atoms with E-state index in [1.807, 2.05) is 32.0 Å². The molecule has 2 rings (SSSR count). The van der Waals surface area contributed by atoms with E-state index in [-0.39, 0.29) is 0 Å². The van der Waals surface area contributed by atoms with Crippen LogP contribution in [0.5, 0.6) is 0 Å². The van der Waals surface area contributed by atoms with Gasteiger partial charge in [-0.3, -0.25) is 9.71 Å². The molecule has 5 nitrogen and oxygen atoms in total. The number of aliphatic imine (C=N–C) groups is 1. The fraction of sp³-hybridized carbons (Fsp3) is 0.615. The van der Waals surface area contributed by atoms with Gasteiger partial charge in [0, 0.05) is 30.6 Å². The van der Waals surface area contributed by atoms with Crippen molar-refractivity contribution in [3.63, 3.8) is 0 Å². The number of aromatic nitrogens is 1. The summed E-state index contributed by atoms with van der Waals surface area (Å²) in [4.78, 5) is 8.94. The molecule has 0 aliphatic carbocycles. The molecule has 7 heteroatoms. The maximum atomic E-state index is 4.51. The molecular weight excluding hydrogens is 290 g/mol. The van der Waals surface area contributed by atoms with Crippen LogP contribution in [0.15, 0.2) is 14.3 Å². The number of aryl methyl sites for hydroxylation is 2. The molecule has 1 aromatic heterocycles. The van der Waals surface area contributed by atoms with Gasteiger partial charge in [0.25, 0.3) is 0 Å². The Morgan fingerprint density at radius 1 is 1.55 bits per heavy atom. The Kier molecular flexibility index (Phi) is 5.42. The van der Waals surface area contributed by atoms with E-state index in [0.717, 1.165) is 36.2 Å². The molecule has 0 aromatic carbocycles. The predicted molar refractivity (Wildman–Crippen MR) is 87.5 cm³/mol. The molecular formula is C13H21N5S2. The van der Waals surface area contributed by atoms with Crippen molar-refractivity contribution in [3.05, 3.63) is 10.7 Å². The van der Waals surface area contributed by atoms with E-state index in [2.05, 4.69) is 26.7 Å². The van der Waals surface area contributed by atoms with Gasteiger partial charge in [-0.1, -0.05) is 6.92 Å². The molecule has 0 fully saturated rings. The van der Waals surface area contributed by atoms with E-state index in [0.29, 0.717) is 5.92 Å². The summed E-state index contributed by atoms with van der Waals surface area (Å²) in [7, 11) is 0. The lowest BCUT2D eigenvalue weighted by Gasteiger charge is -2.18. The highest BCUT2D eigenvalue weighted by Crippen LogP contribution is 2.27. The summed E-state index contributed by atoms with van der Waals surface area (Å²) in [5.41, 5.74) is 1.07. The molecule has 1 aromatic rings. The molecule has 0 bridgehead atoms. The van der Waals surface area contributed by atoms with Gasteiger partial charge in [-0.05, 0) is 27.2 Å². The maximum Gasteiger partial charge on any atom is 0.225 e. The number of hydrogen-bond donors (Lipinski definition) is 1. The lowest BCUT2D eigenvalue weighted by Crippen LogP contribution is -2.34.